The number of ketones is 1. The SMILES string of the molecule is O=C(CO)C(Br)c1ccc(Cl)cc1. The first-order valence-electron chi connectivity index (χ1n) is 3.68. The van der Waals surface area contributed by atoms with Crippen LogP contribution in [-0.2, 0) is 4.79 Å². The van der Waals surface area contributed by atoms with Crippen LogP contribution in [0.4, 0.5) is 0 Å². The maximum atomic E-state index is 11.1. The summed E-state index contributed by atoms with van der Waals surface area (Å²) >= 11 is 8.86. The average molecular weight is 264 g/mol. The monoisotopic (exact) mass is 262 g/mol. The summed E-state index contributed by atoms with van der Waals surface area (Å²) in [5.74, 6) is -0.262. The topological polar surface area (TPSA) is 37.3 Å². The summed E-state index contributed by atoms with van der Waals surface area (Å²) in [5, 5.41) is 9.24. The molecule has 1 aromatic rings. The lowest BCUT2D eigenvalue weighted by Crippen LogP contribution is -2.10. The summed E-state index contributed by atoms with van der Waals surface area (Å²) in [6.07, 6.45) is 0. The summed E-state index contributed by atoms with van der Waals surface area (Å²) < 4.78 is 0. The second-order valence-corrected chi connectivity index (χ2v) is 3.89. The van der Waals surface area contributed by atoms with E-state index >= 15 is 0 Å². The van der Waals surface area contributed by atoms with Gasteiger partial charge in [0.15, 0.2) is 5.78 Å². The Labute approximate surface area is 89.7 Å². The van der Waals surface area contributed by atoms with Crippen molar-refractivity contribution in [2.45, 2.75) is 4.83 Å². The van der Waals surface area contributed by atoms with Gasteiger partial charge >= 0.3 is 0 Å². The van der Waals surface area contributed by atoms with Crippen molar-refractivity contribution in [3.05, 3.63) is 34.9 Å². The molecule has 70 valence electrons. The highest BCUT2D eigenvalue weighted by atomic mass is 79.9. The van der Waals surface area contributed by atoms with Gasteiger partial charge in [0, 0.05) is 5.02 Å². The minimum Gasteiger partial charge on any atom is -0.389 e. The van der Waals surface area contributed by atoms with Gasteiger partial charge in [0.25, 0.3) is 0 Å². The zero-order chi connectivity index (χ0) is 9.84. The second-order valence-electron chi connectivity index (χ2n) is 2.54. The number of halogens is 2. The van der Waals surface area contributed by atoms with Gasteiger partial charge in [-0.2, -0.15) is 0 Å². The third-order valence-electron chi connectivity index (χ3n) is 1.60. The average Bonchev–Trinajstić information content (AvgIpc) is 2.17. The fraction of sp³-hybridized carbons (Fsp3) is 0.222. The highest BCUT2D eigenvalue weighted by molar-refractivity contribution is 9.09. The number of aliphatic hydroxyl groups excluding tert-OH is 1. The van der Waals surface area contributed by atoms with Crippen molar-refractivity contribution in [2.24, 2.45) is 0 Å². The first-order valence-corrected chi connectivity index (χ1v) is 4.97. The van der Waals surface area contributed by atoms with E-state index in [0.29, 0.717) is 5.02 Å². The predicted octanol–water partition coefficient (Wildman–Crippen LogP) is 2.34. The lowest BCUT2D eigenvalue weighted by molar-refractivity contribution is -0.121. The summed E-state index contributed by atoms with van der Waals surface area (Å²) in [5.41, 5.74) is 0.795. The lowest BCUT2D eigenvalue weighted by atomic mass is 10.1. The summed E-state index contributed by atoms with van der Waals surface area (Å²) in [6.45, 7) is -0.460. The van der Waals surface area contributed by atoms with E-state index in [1.807, 2.05) is 0 Å². The third-order valence-corrected chi connectivity index (χ3v) is 2.89. The summed E-state index contributed by atoms with van der Waals surface area (Å²) in [6, 6.07) is 6.90. The van der Waals surface area contributed by atoms with E-state index in [0.717, 1.165) is 5.56 Å². The molecule has 4 heteroatoms. The van der Waals surface area contributed by atoms with E-state index in [-0.39, 0.29) is 5.78 Å². The Bertz CT molecular complexity index is 297. The third kappa shape index (κ3) is 2.79. The number of benzene rings is 1. The van der Waals surface area contributed by atoms with E-state index in [1.54, 1.807) is 24.3 Å². The van der Waals surface area contributed by atoms with Crippen LogP contribution >= 0.6 is 27.5 Å². The van der Waals surface area contributed by atoms with Crippen LogP contribution in [0.2, 0.25) is 5.02 Å². The summed E-state index contributed by atoms with van der Waals surface area (Å²) in [7, 11) is 0. The normalized spacial score (nSPS) is 12.5. The molecule has 0 heterocycles. The van der Waals surface area contributed by atoms with Gasteiger partial charge in [-0.25, -0.2) is 0 Å². The molecule has 0 radical (unpaired) electrons. The molecule has 1 rings (SSSR count). The first kappa shape index (κ1) is 10.7. The summed E-state index contributed by atoms with van der Waals surface area (Å²) in [4.78, 5) is 10.6. The standard InChI is InChI=1S/C9H8BrClO2/c10-9(8(13)5-12)6-1-3-7(11)4-2-6/h1-4,9,12H,5H2. The van der Waals surface area contributed by atoms with Crippen LogP contribution in [0.5, 0.6) is 0 Å². The number of alkyl halides is 1. The molecular formula is C9H8BrClO2. The molecule has 0 aromatic heterocycles. The molecule has 1 atom stereocenters. The molecule has 0 bridgehead atoms. The van der Waals surface area contributed by atoms with Crippen LogP contribution < -0.4 is 0 Å². The van der Waals surface area contributed by atoms with Gasteiger partial charge in [-0.3, -0.25) is 4.79 Å². The molecule has 0 aliphatic rings. The molecule has 0 fully saturated rings. The van der Waals surface area contributed by atoms with Crippen LogP contribution in [-0.4, -0.2) is 17.5 Å². The number of hydrogen-bond donors (Lipinski definition) is 1. The molecule has 0 amide bonds. The van der Waals surface area contributed by atoms with Gasteiger partial charge in [0.05, 0.1) is 0 Å². The zero-order valence-electron chi connectivity index (χ0n) is 6.71. The van der Waals surface area contributed by atoms with Crippen molar-refractivity contribution in [3.63, 3.8) is 0 Å². The van der Waals surface area contributed by atoms with Gasteiger partial charge in [-0.15, -0.1) is 0 Å². The maximum Gasteiger partial charge on any atom is 0.176 e. The molecule has 0 aliphatic carbocycles. The Kier molecular flexibility index (Phi) is 3.90. The minimum atomic E-state index is -0.460. The van der Waals surface area contributed by atoms with Crippen molar-refractivity contribution in [3.8, 4) is 0 Å². The second kappa shape index (κ2) is 4.74. The van der Waals surface area contributed by atoms with Gasteiger partial charge in [-0.1, -0.05) is 39.7 Å². The zero-order valence-corrected chi connectivity index (χ0v) is 9.05. The number of carbonyl (C=O) groups excluding carboxylic acids is 1. The van der Waals surface area contributed by atoms with Crippen LogP contribution in [0.15, 0.2) is 24.3 Å². The molecule has 1 unspecified atom stereocenters. The number of carbonyl (C=O) groups is 1. The minimum absolute atomic E-state index is 0.262. The Morgan fingerprint density at radius 2 is 2.00 bits per heavy atom. The fourth-order valence-electron chi connectivity index (χ4n) is 0.898. The molecule has 0 spiro atoms. The van der Waals surface area contributed by atoms with E-state index in [2.05, 4.69) is 15.9 Å². The Hall–Kier alpha value is -0.380. The van der Waals surface area contributed by atoms with Crippen LogP contribution in [0.1, 0.15) is 10.4 Å². The van der Waals surface area contributed by atoms with E-state index in [1.165, 1.54) is 0 Å². The lowest BCUT2D eigenvalue weighted by Gasteiger charge is -2.06. The molecule has 2 nitrogen and oxygen atoms in total. The Morgan fingerprint density at radius 3 is 2.46 bits per heavy atom. The molecule has 0 aliphatic heterocycles. The van der Waals surface area contributed by atoms with Gasteiger partial charge < -0.3 is 5.11 Å². The van der Waals surface area contributed by atoms with Crippen molar-refractivity contribution in [2.75, 3.05) is 6.61 Å². The fourth-order valence-corrected chi connectivity index (χ4v) is 1.47. The molecule has 0 saturated heterocycles. The highest BCUT2D eigenvalue weighted by Gasteiger charge is 2.15. The first-order chi connectivity index (χ1) is 6.15. The Balaban J connectivity index is 2.83. The van der Waals surface area contributed by atoms with Crippen molar-refractivity contribution in [1.29, 1.82) is 0 Å². The number of Topliss-reactive ketones (excluding diaryl/α,β-unsaturated/α-hetero) is 1. The molecule has 0 saturated carbocycles. The molecule has 1 N–H and O–H groups in total. The van der Waals surface area contributed by atoms with Crippen LogP contribution in [0.25, 0.3) is 0 Å². The van der Waals surface area contributed by atoms with Gasteiger partial charge in [-0.05, 0) is 17.7 Å². The van der Waals surface area contributed by atoms with E-state index in [4.69, 9.17) is 16.7 Å². The predicted molar refractivity (Wildman–Crippen MR) is 55.2 cm³/mol. The smallest absolute Gasteiger partial charge is 0.176 e. The maximum absolute atomic E-state index is 11.1. The molecular weight excluding hydrogens is 255 g/mol. The van der Waals surface area contributed by atoms with Crippen LogP contribution in [0, 0.1) is 0 Å². The Morgan fingerprint density at radius 1 is 1.46 bits per heavy atom. The highest BCUT2D eigenvalue weighted by Crippen LogP contribution is 2.24. The number of rotatable bonds is 3. The number of aliphatic hydroxyl groups is 1. The van der Waals surface area contributed by atoms with Crippen molar-refractivity contribution < 1.29 is 9.90 Å². The van der Waals surface area contributed by atoms with Crippen molar-refractivity contribution >= 4 is 33.3 Å². The molecule has 13 heavy (non-hydrogen) atoms. The van der Waals surface area contributed by atoms with E-state index < -0.39 is 11.4 Å². The largest absolute Gasteiger partial charge is 0.389 e. The quantitative estimate of drug-likeness (QED) is 0.850. The van der Waals surface area contributed by atoms with E-state index in [9.17, 15) is 4.79 Å². The van der Waals surface area contributed by atoms with Gasteiger partial charge in [0.1, 0.15) is 11.4 Å². The number of hydrogen-bond acceptors (Lipinski definition) is 2. The van der Waals surface area contributed by atoms with Crippen LogP contribution in [0.3, 0.4) is 0 Å². The molecule has 1 aromatic carbocycles. The van der Waals surface area contributed by atoms with Crippen molar-refractivity contribution in [1.82, 2.24) is 0 Å². The van der Waals surface area contributed by atoms with Gasteiger partial charge in [0.2, 0.25) is 0 Å².